The van der Waals surface area contributed by atoms with Gasteiger partial charge in [0.1, 0.15) is 0 Å². The molecule has 1 aliphatic rings. The molecule has 1 atom stereocenters. The van der Waals surface area contributed by atoms with Crippen molar-refractivity contribution < 1.29 is 18.0 Å². The van der Waals surface area contributed by atoms with Crippen LogP contribution < -0.4 is 10.0 Å². The van der Waals surface area contributed by atoms with Gasteiger partial charge in [0.25, 0.3) is 0 Å². The summed E-state index contributed by atoms with van der Waals surface area (Å²) in [6.07, 6.45) is 0.0955. The van der Waals surface area contributed by atoms with Crippen molar-refractivity contribution in [2.75, 3.05) is 18.8 Å². The molecule has 0 aromatic carbocycles. The van der Waals surface area contributed by atoms with Gasteiger partial charge in [-0.25, -0.2) is 13.1 Å². The molecule has 1 rings (SSSR count). The fourth-order valence-corrected chi connectivity index (χ4v) is 2.98. The number of hydrogen-bond acceptors (Lipinski definition) is 5. The van der Waals surface area contributed by atoms with Gasteiger partial charge in [-0.1, -0.05) is 6.92 Å². The van der Waals surface area contributed by atoms with Gasteiger partial charge in [-0.05, 0) is 13.8 Å². The number of sulfonamides is 1. The summed E-state index contributed by atoms with van der Waals surface area (Å²) < 4.78 is 25.2. The molecule has 0 aromatic heterocycles. The second-order valence-electron chi connectivity index (χ2n) is 4.72. The summed E-state index contributed by atoms with van der Waals surface area (Å²) in [7, 11) is -3.31. The van der Waals surface area contributed by atoms with Gasteiger partial charge in [0.05, 0.1) is 18.2 Å². The molecular weight excluding hydrogens is 270 g/mol. The normalized spacial score (nSPS) is 20.6. The van der Waals surface area contributed by atoms with E-state index in [0.717, 1.165) is 0 Å². The average Bonchev–Trinajstić information content (AvgIpc) is 2.53. The molecule has 110 valence electrons. The molecule has 1 aliphatic heterocycles. The lowest BCUT2D eigenvalue weighted by atomic mass is 10.2. The number of nitrogens with zero attached hydrogens (tertiary/aromatic N) is 1. The zero-order valence-electron chi connectivity index (χ0n) is 11.5. The monoisotopic (exact) mass is 291 g/mol. The van der Waals surface area contributed by atoms with Crippen LogP contribution in [0.25, 0.3) is 0 Å². The molecule has 8 heteroatoms. The van der Waals surface area contributed by atoms with Crippen molar-refractivity contribution in [1.82, 2.24) is 14.9 Å². The molecule has 2 amide bonds. The van der Waals surface area contributed by atoms with Crippen LogP contribution in [0.1, 0.15) is 27.2 Å². The van der Waals surface area contributed by atoms with Gasteiger partial charge in [-0.15, -0.1) is 0 Å². The number of carbonyl (C=O) groups excluding carboxylic acids is 2. The Bertz CT molecular complexity index is 447. The second-order valence-corrected chi connectivity index (χ2v) is 6.65. The third-order valence-corrected chi connectivity index (χ3v) is 4.30. The molecule has 1 fully saturated rings. The maximum Gasteiger partial charge on any atom is 0.247 e. The summed E-state index contributed by atoms with van der Waals surface area (Å²) in [6, 6.07) is -0.774. The van der Waals surface area contributed by atoms with Gasteiger partial charge in [-0.3, -0.25) is 14.5 Å². The number of likely N-dealkylation sites (tertiary alicyclic amines) is 1. The second kappa shape index (κ2) is 6.44. The van der Waals surface area contributed by atoms with E-state index in [1.165, 1.54) is 4.90 Å². The summed E-state index contributed by atoms with van der Waals surface area (Å²) in [5, 5.41) is 2.83. The van der Waals surface area contributed by atoms with Gasteiger partial charge in [0.2, 0.25) is 21.8 Å². The summed E-state index contributed by atoms with van der Waals surface area (Å²) in [4.78, 5) is 24.8. The maximum atomic E-state index is 11.9. The molecule has 1 heterocycles. The molecule has 7 nitrogen and oxygen atoms in total. The highest BCUT2D eigenvalue weighted by molar-refractivity contribution is 7.89. The minimum absolute atomic E-state index is 0.0955. The lowest BCUT2D eigenvalue weighted by Crippen LogP contribution is -2.43. The average molecular weight is 291 g/mol. The predicted octanol–water partition coefficient (Wildman–Crippen LogP) is -0.949. The van der Waals surface area contributed by atoms with Crippen LogP contribution in [0, 0.1) is 0 Å². The fraction of sp³-hybridized carbons (Fsp3) is 0.818. The van der Waals surface area contributed by atoms with Crippen LogP contribution in [0.3, 0.4) is 0 Å². The number of nitrogens with one attached hydrogen (secondary N) is 2. The maximum absolute atomic E-state index is 11.9. The molecule has 0 saturated carbocycles. The van der Waals surface area contributed by atoms with Crippen molar-refractivity contribution in [2.24, 2.45) is 0 Å². The molecule has 0 aromatic rings. The van der Waals surface area contributed by atoms with Crippen molar-refractivity contribution in [2.45, 2.75) is 39.3 Å². The van der Waals surface area contributed by atoms with Crippen molar-refractivity contribution in [3.63, 3.8) is 0 Å². The summed E-state index contributed by atoms with van der Waals surface area (Å²) in [5.74, 6) is -0.603. The van der Waals surface area contributed by atoms with Crippen molar-refractivity contribution in [3.8, 4) is 0 Å². The van der Waals surface area contributed by atoms with Crippen LogP contribution in [-0.4, -0.2) is 56.1 Å². The Morgan fingerprint density at radius 3 is 2.47 bits per heavy atom. The molecule has 1 saturated heterocycles. The number of imide groups is 1. The van der Waals surface area contributed by atoms with E-state index in [0.29, 0.717) is 6.54 Å². The van der Waals surface area contributed by atoms with E-state index in [4.69, 9.17) is 0 Å². The highest BCUT2D eigenvalue weighted by Gasteiger charge is 2.39. The number of rotatable bonds is 7. The quantitative estimate of drug-likeness (QED) is 0.590. The Balaban J connectivity index is 2.48. The van der Waals surface area contributed by atoms with E-state index in [2.05, 4.69) is 10.0 Å². The molecular formula is C11H21N3O4S. The molecule has 0 aliphatic carbocycles. The Kier molecular flexibility index (Phi) is 5.45. The van der Waals surface area contributed by atoms with Gasteiger partial charge in [0, 0.05) is 19.1 Å². The van der Waals surface area contributed by atoms with E-state index in [1.54, 1.807) is 20.8 Å². The molecule has 0 bridgehead atoms. The first-order chi connectivity index (χ1) is 8.78. The summed E-state index contributed by atoms with van der Waals surface area (Å²) in [5.41, 5.74) is 0. The first-order valence-corrected chi connectivity index (χ1v) is 8.00. The van der Waals surface area contributed by atoms with Gasteiger partial charge in [-0.2, -0.15) is 0 Å². The van der Waals surface area contributed by atoms with Crippen LogP contribution in [0.15, 0.2) is 0 Å². The fourth-order valence-electron chi connectivity index (χ4n) is 2.01. The van der Waals surface area contributed by atoms with E-state index in [1.807, 2.05) is 0 Å². The largest absolute Gasteiger partial charge is 0.304 e. The van der Waals surface area contributed by atoms with Crippen molar-refractivity contribution in [1.29, 1.82) is 0 Å². The minimum Gasteiger partial charge on any atom is -0.304 e. The summed E-state index contributed by atoms with van der Waals surface area (Å²) >= 11 is 0. The zero-order valence-corrected chi connectivity index (χ0v) is 12.3. The minimum atomic E-state index is -3.31. The molecule has 19 heavy (non-hydrogen) atoms. The highest BCUT2D eigenvalue weighted by Crippen LogP contribution is 2.15. The lowest BCUT2D eigenvalue weighted by molar-refractivity contribution is -0.140. The van der Waals surface area contributed by atoms with Gasteiger partial charge >= 0.3 is 0 Å². The Morgan fingerprint density at radius 2 is 2.00 bits per heavy atom. The Labute approximate surface area is 113 Å². The zero-order chi connectivity index (χ0) is 14.6. The van der Waals surface area contributed by atoms with E-state index in [9.17, 15) is 18.0 Å². The highest BCUT2D eigenvalue weighted by atomic mass is 32.2. The Hall–Kier alpha value is -0.990. The van der Waals surface area contributed by atoms with E-state index >= 15 is 0 Å². The van der Waals surface area contributed by atoms with Crippen LogP contribution in [-0.2, 0) is 19.6 Å². The Morgan fingerprint density at radius 1 is 1.37 bits per heavy atom. The number of amides is 2. The van der Waals surface area contributed by atoms with E-state index in [-0.39, 0.29) is 36.6 Å². The van der Waals surface area contributed by atoms with Crippen LogP contribution in [0.5, 0.6) is 0 Å². The third-order valence-electron chi connectivity index (χ3n) is 2.83. The van der Waals surface area contributed by atoms with Gasteiger partial charge in [0.15, 0.2) is 0 Å². The third kappa shape index (κ3) is 4.26. The smallest absolute Gasteiger partial charge is 0.247 e. The number of carbonyl (C=O) groups is 2. The van der Waals surface area contributed by atoms with E-state index < -0.39 is 16.1 Å². The van der Waals surface area contributed by atoms with Crippen LogP contribution in [0.4, 0.5) is 0 Å². The van der Waals surface area contributed by atoms with Crippen LogP contribution in [0.2, 0.25) is 0 Å². The predicted molar refractivity (Wildman–Crippen MR) is 70.9 cm³/mol. The standard InChI is InChI=1S/C11H21N3O4S/c1-4-13-19(17,18)6-5-12-9-7-10(15)14(8(2)3)11(9)16/h8-9,12-13H,4-7H2,1-3H3. The molecule has 0 radical (unpaired) electrons. The lowest BCUT2D eigenvalue weighted by Gasteiger charge is -2.19. The van der Waals surface area contributed by atoms with Gasteiger partial charge < -0.3 is 5.32 Å². The van der Waals surface area contributed by atoms with Crippen molar-refractivity contribution >= 4 is 21.8 Å². The van der Waals surface area contributed by atoms with Crippen molar-refractivity contribution in [3.05, 3.63) is 0 Å². The SMILES string of the molecule is CCNS(=O)(=O)CCNC1CC(=O)N(C(C)C)C1=O. The number of hydrogen-bond donors (Lipinski definition) is 2. The first kappa shape index (κ1) is 16.1. The first-order valence-electron chi connectivity index (χ1n) is 6.35. The molecule has 1 unspecified atom stereocenters. The summed E-state index contributed by atoms with van der Waals surface area (Å²) in [6.45, 7) is 5.72. The topological polar surface area (TPSA) is 95.6 Å². The molecule has 2 N–H and O–H groups in total. The molecule has 0 spiro atoms. The van der Waals surface area contributed by atoms with Crippen LogP contribution >= 0.6 is 0 Å².